The first kappa shape index (κ1) is 13.4. The van der Waals surface area contributed by atoms with Crippen LogP contribution in [0.5, 0.6) is 0 Å². The Morgan fingerprint density at radius 1 is 1.56 bits per heavy atom. The van der Waals surface area contributed by atoms with E-state index in [1.807, 2.05) is 6.07 Å². The Morgan fingerprint density at radius 2 is 2.39 bits per heavy atom. The van der Waals surface area contributed by atoms with E-state index in [0.29, 0.717) is 11.8 Å². The zero-order chi connectivity index (χ0) is 13.0. The van der Waals surface area contributed by atoms with Crippen molar-refractivity contribution in [3.8, 4) is 0 Å². The van der Waals surface area contributed by atoms with E-state index in [-0.39, 0.29) is 5.56 Å². The van der Waals surface area contributed by atoms with E-state index in [1.165, 1.54) is 0 Å². The monoisotopic (exact) mass is 313 g/mol. The first-order valence-corrected chi connectivity index (χ1v) is 6.84. The molecule has 0 aliphatic carbocycles. The van der Waals surface area contributed by atoms with Crippen LogP contribution in [-0.4, -0.2) is 30.3 Å². The minimum atomic E-state index is -0.920. The van der Waals surface area contributed by atoms with Gasteiger partial charge in [-0.05, 0) is 37.5 Å². The summed E-state index contributed by atoms with van der Waals surface area (Å²) in [6.45, 7) is 1.58. The Balaban J connectivity index is 1.93. The Hall–Kier alpha value is -1.07. The number of hydrogen-bond acceptors (Lipinski definition) is 3. The van der Waals surface area contributed by atoms with Crippen molar-refractivity contribution >= 4 is 27.6 Å². The lowest BCUT2D eigenvalue weighted by molar-refractivity contribution is 0.0698. The van der Waals surface area contributed by atoms with E-state index in [2.05, 4.69) is 21.2 Å². The number of hydrogen-bond donors (Lipinski definition) is 2. The number of anilines is 1. The summed E-state index contributed by atoms with van der Waals surface area (Å²) in [5.41, 5.74) is 0.945. The third kappa shape index (κ3) is 3.46. The maximum absolute atomic E-state index is 11.1. The lowest BCUT2D eigenvalue weighted by Crippen LogP contribution is -2.14. The molecule has 1 heterocycles. The quantitative estimate of drug-likeness (QED) is 0.877. The number of carbonyl (C=O) groups is 1. The van der Waals surface area contributed by atoms with Gasteiger partial charge in [-0.2, -0.15) is 0 Å². The molecular formula is C13H16BrNO3. The lowest BCUT2D eigenvalue weighted by Gasteiger charge is -2.12. The fraction of sp³-hybridized carbons (Fsp3) is 0.462. The number of ether oxygens (including phenoxy) is 1. The average Bonchev–Trinajstić information content (AvgIpc) is 2.84. The zero-order valence-electron chi connectivity index (χ0n) is 9.99. The molecule has 0 radical (unpaired) electrons. The summed E-state index contributed by atoms with van der Waals surface area (Å²) in [6.07, 6.45) is 3.47. The standard InChI is InChI=1S/C13H16BrNO3/c14-9-3-4-12(11(8-9)13(16)17)15-6-5-10-2-1-7-18-10/h3-4,8,10,15H,1-2,5-7H2,(H,16,17). The second-order valence-electron chi connectivity index (χ2n) is 4.35. The highest BCUT2D eigenvalue weighted by Gasteiger charge is 2.15. The fourth-order valence-corrected chi connectivity index (χ4v) is 2.45. The molecule has 1 aliphatic heterocycles. The molecule has 0 saturated carbocycles. The van der Waals surface area contributed by atoms with Crippen LogP contribution in [0.4, 0.5) is 5.69 Å². The van der Waals surface area contributed by atoms with Crippen molar-refractivity contribution in [3.63, 3.8) is 0 Å². The van der Waals surface area contributed by atoms with Crippen LogP contribution < -0.4 is 5.32 Å². The maximum Gasteiger partial charge on any atom is 0.337 e. The third-order valence-corrected chi connectivity index (χ3v) is 3.51. The van der Waals surface area contributed by atoms with E-state index in [4.69, 9.17) is 9.84 Å². The number of halogens is 1. The lowest BCUT2D eigenvalue weighted by atomic mass is 10.1. The molecule has 4 nitrogen and oxygen atoms in total. The van der Waals surface area contributed by atoms with Crippen LogP contribution in [0.25, 0.3) is 0 Å². The Kier molecular flexibility index (Phi) is 4.60. The number of carboxylic acid groups (broad SMARTS) is 1. The van der Waals surface area contributed by atoms with Crippen LogP contribution in [-0.2, 0) is 4.74 Å². The summed E-state index contributed by atoms with van der Waals surface area (Å²) in [5.74, 6) is -0.920. The van der Waals surface area contributed by atoms with E-state index in [1.54, 1.807) is 12.1 Å². The Morgan fingerprint density at radius 3 is 3.06 bits per heavy atom. The molecule has 1 atom stereocenters. The third-order valence-electron chi connectivity index (χ3n) is 3.02. The minimum Gasteiger partial charge on any atom is -0.478 e. The first-order valence-electron chi connectivity index (χ1n) is 6.05. The molecule has 1 saturated heterocycles. The highest BCUT2D eigenvalue weighted by atomic mass is 79.9. The van der Waals surface area contributed by atoms with Gasteiger partial charge in [0.1, 0.15) is 0 Å². The Bertz CT molecular complexity index is 430. The highest BCUT2D eigenvalue weighted by Crippen LogP contribution is 2.22. The van der Waals surface area contributed by atoms with Gasteiger partial charge in [-0.3, -0.25) is 0 Å². The van der Waals surface area contributed by atoms with Gasteiger partial charge in [-0.15, -0.1) is 0 Å². The molecule has 5 heteroatoms. The number of carboxylic acids is 1. The van der Waals surface area contributed by atoms with Crippen molar-refractivity contribution in [1.82, 2.24) is 0 Å². The van der Waals surface area contributed by atoms with Gasteiger partial charge in [-0.25, -0.2) is 4.79 Å². The molecule has 0 spiro atoms. The van der Waals surface area contributed by atoms with Gasteiger partial charge in [0.15, 0.2) is 0 Å². The van der Waals surface area contributed by atoms with Crippen LogP contribution >= 0.6 is 15.9 Å². The number of rotatable bonds is 5. The molecule has 18 heavy (non-hydrogen) atoms. The van der Waals surface area contributed by atoms with Gasteiger partial charge in [0.05, 0.1) is 11.7 Å². The predicted molar refractivity (Wildman–Crippen MR) is 73.2 cm³/mol. The molecule has 2 N–H and O–H groups in total. The second-order valence-corrected chi connectivity index (χ2v) is 5.26. The molecule has 1 aliphatic rings. The molecule has 1 unspecified atom stereocenters. The van der Waals surface area contributed by atoms with Crippen molar-refractivity contribution in [2.24, 2.45) is 0 Å². The van der Waals surface area contributed by atoms with Crippen molar-refractivity contribution < 1.29 is 14.6 Å². The summed E-state index contributed by atoms with van der Waals surface area (Å²) in [7, 11) is 0. The molecule has 0 bridgehead atoms. The van der Waals surface area contributed by atoms with E-state index >= 15 is 0 Å². The summed E-state index contributed by atoms with van der Waals surface area (Å²) in [4.78, 5) is 11.1. The van der Waals surface area contributed by atoms with Crippen molar-refractivity contribution in [2.45, 2.75) is 25.4 Å². The van der Waals surface area contributed by atoms with Crippen LogP contribution in [0.1, 0.15) is 29.6 Å². The van der Waals surface area contributed by atoms with Gasteiger partial charge >= 0.3 is 5.97 Å². The summed E-state index contributed by atoms with van der Waals surface area (Å²) in [5, 5.41) is 12.3. The predicted octanol–water partition coefficient (Wildman–Crippen LogP) is 3.13. The smallest absolute Gasteiger partial charge is 0.337 e. The molecule has 1 aromatic rings. The van der Waals surface area contributed by atoms with Crippen LogP contribution in [0.15, 0.2) is 22.7 Å². The van der Waals surface area contributed by atoms with Gasteiger partial charge in [0, 0.05) is 23.3 Å². The molecule has 0 amide bonds. The molecule has 1 aromatic carbocycles. The van der Waals surface area contributed by atoms with Crippen molar-refractivity contribution in [3.05, 3.63) is 28.2 Å². The molecule has 2 rings (SSSR count). The molecule has 0 aromatic heterocycles. The topological polar surface area (TPSA) is 58.6 Å². The van der Waals surface area contributed by atoms with Crippen LogP contribution in [0.3, 0.4) is 0 Å². The Labute approximate surface area is 114 Å². The number of benzene rings is 1. The highest BCUT2D eigenvalue weighted by molar-refractivity contribution is 9.10. The SMILES string of the molecule is O=C(O)c1cc(Br)ccc1NCCC1CCCO1. The number of aromatic carboxylic acids is 1. The maximum atomic E-state index is 11.1. The summed E-state index contributed by atoms with van der Waals surface area (Å²) in [6, 6.07) is 5.22. The van der Waals surface area contributed by atoms with Gasteiger partial charge in [-0.1, -0.05) is 15.9 Å². The van der Waals surface area contributed by atoms with Gasteiger partial charge in [0.25, 0.3) is 0 Å². The van der Waals surface area contributed by atoms with E-state index in [9.17, 15) is 4.79 Å². The zero-order valence-corrected chi connectivity index (χ0v) is 11.6. The summed E-state index contributed by atoms with van der Waals surface area (Å²) >= 11 is 3.28. The van der Waals surface area contributed by atoms with Crippen molar-refractivity contribution in [1.29, 1.82) is 0 Å². The molecular weight excluding hydrogens is 298 g/mol. The fourth-order valence-electron chi connectivity index (χ4n) is 2.09. The van der Waals surface area contributed by atoms with E-state index in [0.717, 1.165) is 36.9 Å². The van der Waals surface area contributed by atoms with Crippen molar-refractivity contribution in [2.75, 3.05) is 18.5 Å². The van der Waals surface area contributed by atoms with Crippen LogP contribution in [0.2, 0.25) is 0 Å². The van der Waals surface area contributed by atoms with Crippen LogP contribution in [0, 0.1) is 0 Å². The van der Waals surface area contributed by atoms with Gasteiger partial charge < -0.3 is 15.2 Å². The van der Waals surface area contributed by atoms with E-state index < -0.39 is 5.97 Å². The average molecular weight is 314 g/mol. The van der Waals surface area contributed by atoms with Gasteiger partial charge in [0.2, 0.25) is 0 Å². The summed E-state index contributed by atoms with van der Waals surface area (Å²) < 4.78 is 6.29. The number of nitrogens with one attached hydrogen (secondary N) is 1. The second kappa shape index (κ2) is 6.20. The largest absolute Gasteiger partial charge is 0.478 e. The normalized spacial score (nSPS) is 18.8. The molecule has 1 fully saturated rings. The molecule has 98 valence electrons. The minimum absolute atomic E-state index is 0.289. The first-order chi connectivity index (χ1) is 8.66.